The zero-order valence-corrected chi connectivity index (χ0v) is 14.2. The summed E-state index contributed by atoms with van der Waals surface area (Å²) in [6, 6.07) is 9.95. The van der Waals surface area contributed by atoms with E-state index in [9.17, 15) is 4.79 Å². The maximum Gasteiger partial charge on any atom is 0.312 e. The molecule has 3 heteroatoms. The lowest BCUT2D eigenvalue weighted by Crippen LogP contribution is -2.35. The quantitative estimate of drug-likeness (QED) is 0.380. The van der Waals surface area contributed by atoms with E-state index >= 15 is 0 Å². The summed E-state index contributed by atoms with van der Waals surface area (Å²) >= 11 is 3.47. The van der Waals surface area contributed by atoms with E-state index in [0.717, 1.165) is 55.8 Å². The number of unbranched alkanes of at least 4 members (excludes halogenated alkanes) is 1. The van der Waals surface area contributed by atoms with Gasteiger partial charge in [0, 0.05) is 5.33 Å². The van der Waals surface area contributed by atoms with Crippen molar-refractivity contribution in [2.75, 3.05) is 5.33 Å². The van der Waals surface area contributed by atoms with Crippen molar-refractivity contribution in [2.45, 2.75) is 58.0 Å². The second-order valence-corrected chi connectivity index (χ2v) is 6.84. The number of alkyl halides is 1. The molecule has 2 rings (SSSR count). The maximum absolute atomic E-state index is 12.7. The standard InChI is InChI=1S/C18H25BrO2/c19-14-8-7-13-18(11-5-2-6-12-18)17(20)21-15-16-9-3-1-4-10-16/h1,3-4,9-10H,2,5-8,11-15H2. The minimum absolute atomic E-state index is 0.0284. The lowest BCUT2D eigenvalue weighted by molar-refractivity contribution is -0.160. The second-order valence-electron chi connectivity index (χ2n) is 6.05. The van der Waals surface area contributed by atoms with Crippen molar-refractivity contribution in [1.29, 1.82) is 0 Å². The molecule has 1 aliphatic rings. The van der Waals surface area contributed by atoms with E-state index in [0.29, 0.717) is 6.61 Å². The van der Waals surface area contributed by atoms with Crippen LogP contribution in [0.4, 0.5) is 0 Å². The van der Waals surface area contributed by atoms with E-state index in [4.69, 9.17) is 4.74 Å². The van der Waals surface area contributed by atoms with E-state index in [-0.39, 0.29) is 11.4 Å². The lowest BCUT2D eigenvalue weighted by Gasteiger charge is -2.35. The van der Waals surface area contributed by atoms with Crippen LogP contribution in [0.25, 0.3) is 0 Å². The Morgan fingerprint density at radius 1 is 1.10 bits per heavy atom. The smallest absolute Gasteiger partial charge is 0.312 e. The molecule has 0 saturated heterocycles. The normalized spacial score (nSPS) is 17.4. The van der Waals surface area contributed by atoms with Gasteiger partial charge < -0.3 is 4.74 Å². The van der Waals surface area contributed by atoms with E-state index in [1.807, 2.05) is 30.3 Å². The van der Waals surface area contributed by atoms with Crippen LogP contribution in [0.1, 0.15) is 56.9 Å². The fourth-order valence-electron chi connectivity index (χ4n) is 3.22. The molecule has 0 unspecified atom stereocenters. The van der Waals surface area contributed by atoms with Gasteiger partial charge in [-0.3, -0.25) is 4.79 Å². The third kappa shape index (κ3) is 4.84. The Hall–Kier alpha value is -0.830. The van der Waals surface area contributed by atoms with Crippen LogP contribution in [0.3, 0.4) is 0 Å². The van der Waals surface area contributed by atoms with Crippen molar-refractivity contribution in [1.82, 2.24) is 0 Å². The summed E-state index contributed by atoms with van der Waals surface area (Å²) in [6.45, 7) is 0.403. The maximum atomic E-state index is 12.7. The number of carbonyl (C=O) groups excluding carboxylic acids is 1. The zero-order valence-electron chi connectivity index (χ0n) is 12.7. The van der Waals surface area contributed by atoms with Crippen molar-refractivity contribution in [2.24, 2.45) is 5.41 Å². The van der Waals surface area contributed by atoms with Gasteiger partial charge in [-0.05, 0) is 31.2 Å². The summed E-state index contributed by atoms with van der Waals surface area (Å²) in [6.07, 6.45) is 8.80. The number of hydrogen-bond donors (Lipinski definition) is 0. The molecule has 0 bridgehead atoms. The summed E-state index contributed by atoms with van der Waals surface area (Å²) in [5.74, 6) is 0.0284. The van der Waals surface area contributed by atoms with Crippen molar-refractivity contribution >= 4 is 21.9 Å². The van der Waals surface area contributed by atoms with Gasteiger partial charge in [0.1, 0.15) is 6.61 Å². The Labute approximate surface area is 136 Å². The number of ether oxygens (including phenoxy) is 1. The van der Waals surface area contributed by atoms with Crippen LogP contribution < -0.4 is 0 Å². The number of hydrogen-bond acceptors (Lipinski definition) is 2. The number of benzene rings is 1. The topological polar surface area (TPSA) is 26.3 Å². The van der Waals surface area contributed by atoms with Crippen molar-refractivity contribution in [3.05, 3.63) is 35.9 Å². The molecule has 0 spiro atoms. The molecule has 2 nitrogen and oxygen atoms in total. The van der Waals surface area contributed by atoms with Gasteiger partial charge in [-0.1, -0.05) is 71.9 Å². The van der Waals surface area contributed by atoms with Gasteiger partial charge in [0.15, 0.2) is 0 Å². The number of esters is 1. The average Bonchev–Trinajstić information content (AvgIpc) is 2.55. The van der Waals surface area contributed by atoms with Gasteiger partial charge >= 0.3 is 5.97 Å². The Balaban J connectivity index is 1.93. The lowest BCUT2D eigenvalue weighted by atomic mass is 9.71. The van der Waals surface area contributed by atoms with Crippen LogP contribution in [0.2, 0.25) is 0 Å². The Morgan fingerprint density at radius 2 is 1.81 bits per heavy atom. The molecule has 0 radical (unpaired) electrons. The molecule has 1 aliphatic carbocycles. The molecule has 0 amide bonds. The summed E-state index contributed by atoms with van der Waals surface area (Å²) < 4.78 is 5.65. The summed E-state index contributed by atoms with van der Waals surface area (Å²) in [5, 5.41) is 1.02. The highest BCUT2D eigenvalue weighted by molar-refractivity contribution is 9.09. The predicted molar refractivity (Wildman–Crippen MR) is 89.4 cm³/mol. The Morgan fingerprint density at radius 3 is 2.48 bits per heavy atom. The predicted octanol–water partition coefficient (Wildman–Crippen LogP) is 5.25. The third-order valence-electron chi connectivity index (χ3n) is 4.50. The molecule has 1 aromatic rings. The van der Waals surface area contributed by atoms with Crippen LogP contribution in [0.5, 0.6) is 0 Å². The number of carbonyl (C=O) groups is 1. The Kier molecular flexibility index (Phi) is 6.75. The van der Waals surface area contributed by atoms with Crippen LogP contribution in [0, 0.1) is 5.41 Å². The van der Waals surface area contributed by atoms with Gasteiger partial charge in [-0.25, -0.2) is 0 Å². The fourth-order valence-corrected chi connectivity index (χ4v) is 3.62. The first-order chi connectivity index (χ1) is 10.3. The second kappa shape index (κ2) is 8.57. The van der Waals surface area contributed by atoms with Crippen molar-refractivity contribution < 1.29 is 9.53 Å². The van der Waals surface area contributed by atoms with Crippen LogP contribution in [0.15, 0.2) is 30.3 Å². The molecule has 116 valence electrons. The molecular weight excluding hydrogens is 328 g/mol. The first-order valence-electron chi connectivity index (χ1n) is 8.04. The summed E-state index contributed by atoms with van der Waals surface area (Å²) in [5.41, 5.74) is 0.854. The molecule has 0 atom stereocenters. The summed E-state index contributed by atoms with van der Waals surface area (Å²) in [4.78, 5) is 12.7. The zero-order chi connectivity index (χ0) is 15.0. The van der Waals surface area contributed by atoms with Gasteiger partial charge in [0.05, 0.1) is 5.41 Å². The van der Waals surface area contributed by atoms with Gasteiger partial charge in [-0.15, -0.1) is 0 Å². The minimum Gasteiger partial charge on any atom is -0.460 e. The highest BCUT2D eigenvalue weighted by atomic mass is 79.9. The van der Waals surface area contributed by atoms with E-state index in [1.54, 1.807) is 0 Å². The molecule has 0 aliphatic heterocycles. The first-order valence-corrected chi connectivity index (χ1v) is 9.16. The first kappa shape index (κ1) is 16.5. The van der Waals surface area contributed by atoms with Crippen molar-refractivity contribution in [3.8, 4) is 0 Å². The summed E-state index contributed by atoms with van der Waals surface area (Å²) in [7, 11) is 0. The molecule has 1 aromatic carbocycles. The van der Waals surface area contributed by atoms with Gasteiger partial charge in [0.25, 0.3) is 0 Å². The van der Waals surface area contributed by atoms with Gasteiger partial charge in [0.2, 0.25) is 0 Å². The molecule has 0 heterocycles. The number of halogens is 1. The monoisotopic (exact) mass is 352 g/mol. The third-order valence-corrected chi connectivity index (χ3v) is 5.06. The van der Waals surface area contributed by atoms with E-state index in [2.05, 4.69) is 15.9 Å². The molecule has 1 saturated carbocycles. The fraction of sp³-hybridized carbons (Fsp3) is 0.611. The Bertz CT molecular complexity index is 424. The molecule has 21 heavy (non-hydrogen) atoms. The highest BCUT2D eigenvalue weighted by Crippen LogP contribution is 2.42. The van der Waals surface area contributed by atoms with Crippen LogP contribution in [-0.4, -0.2) is 11.3 Å². The minimum atomic E-state index is -0.213. The number of rotatable bonds is 7. The van der Waals surface area contributed by atoms with E-state index in [1.165, 1.54) is 6.42 Å². The molecule has 0 aromatic heterocycles. The van der Waals surface area contributed by atoms with Crippen LogP contribution in [-0.2, 0) is 16.1 Å². The van der Waals surface area contributed by atoms with Crippen molar-refractivity contribution in [3.63, 3.8) is 0 Å². The SMILES string of the molecule is O=C(OCc1ccccc1)C1(CCCCBr)CCCCC1. The van der Waals surface area contributed by atoms with Gasteiger partial charge in [-0.2, -0.15) is 0 Å². The van der Waals surface area contributed by atoms with Crippen LogP contribution >= 0.6 is 15.9 Å². The highest BCUT2D eigenvalue weighted by Gasteiger charge is 2.40. The van der Waals surface area contributed by atoms with E-state index < -0.39 is 0 Å². The molecule has 1 fully saturated rings. The molecular formula is C18H25BrO2. The largest absolute Gasteiger partial charge is 0.460 e. The average molecular weight is 353 g/mol. The molecule has 0 N–H and O–H groups in total.